The molecule has 0 aromatic heterocycles. The lowest BCUT2D eigenvalue weighted by atomic mass is 9.77. The highest BCUT2D eigenvalue weighted by molar-refractivity contribution is 5.19. The third-order valence-corrected chi connectivity index (χ3v) is 3.21. The molecule has 11 heavy (non-hydrogen) atoms. The van der Waals surface area contributed by atoms with Crippen molar-refractivity contribution < 1.29 is 5.11 Å². The lowest BCUT2D eigenvalue weighted by molar-refractivity contribution is 0.0877. The minimum absolute atomic E-state index is 0.0278. The molecule has 1 N–H and O–H groups in total. The van der Waals surface area contributed by atoms with Crippen LogP contribution in [0.2, 0.25) is 0 Å². The molecule has 1 saturated carbocycles. The number of hydrogen-bond donors (Lipinski definition) is 1. The second kappa shape index (κ2) is 2.63. The summed E-state index contributed by atoms with van der Waals surface area (Å²) in [5.74, 6) is 1.27. The number of rotatable bonds is 0. The van der Waals surface area contributed by atoms with Gasteiger partial charge in [0.2, 0.25) is 0 Å². The summed E-state index contributed by atoms with van der Waals surface area (Å²) in [6, 6.07) is 0. The SMILES string of the molecule is C[C@H]1CC[C@@H](O)[C@H]2CCC=C12. The molecule has 0 unspecified atom stereocenters. The standard InChI is InChI=1S/C10H16O/c1-7-5-6-10(11)9-4-2-3-8(7)9/h3,7,9-11H,2,4-6H2,1H3/t7-,9-,10+/m0/s1. The van der Waals surface area contributed by atoms with Gasteiger partial charge in [0.15, 0.2) is 0 Å². The molecule has 62 valence electrons. The number of allylic oxidation sites excluding steroid dienone is 1. The number of fused-ring (bicyclic) bond motifs is 1. The van der Waals surface area contributed by atoms with Crippen molar-refractivity contribution in [2.45, 2.75) is 38.7 Å². The molecule has 0 bridgehead atoms. The average molecular weight is 152 g/mol. The van der Waals surface area contributed by atoms with Crippen LogP contribution in [0.25, 0.3) is 0 Å². The van der Waals surface area contributed by atoms with Crippen LogP contribution in [-0.4, -0.2) is 11.2 Å². The van der Waals surface area contributed by atoms with Gasteiger partial charge in [-0.05, 0) is 31.6 Å². The summed E-state index contributed by atoms with van der Waals surface area (Å²) in [5, 5.41) is 9.66. The Morgan fingerprint density at radius 2 is 2.18 bits per heavy atom. The molecule has 2 aliphatic carbocycles. The molecule has 0 heterocycles. The van der Waals surface area contributed by atoms with Crippen LogP contribution in [0.3, 0.4) is 0 Å². The maximum absolute atomic E-state index is 9.66. The molecular formula is C10H16O. The molecule has 1 fully saturated rings. The van der Waals surface area contributed by atoms with Gasteiger partial charge in [0, 0.05) is 5.92 Å². The van der Waals surface area contributed by atoms with Crippen LogP contribution < -0.4 is 0 Å². The normalized spacial score (nSPS) is 43.5. The topological polar surface area (TPSA) is 20.2 Å². The molecule has 3 atom stereocenters. The average Bonchev–Trinajstić information content (AvgIpc) is 2.45. The third kappa shape index (κ3) is 1.12. The lowest BCUT2D eigenvalue weighted by Crippen LogP contribution is -2.28. The van der Waals surface area contributed by atoms with Crippen LogP contribution in [0.1, 0.15) is 32.6 Å². The molecule has 1 nitrogen and oxygen atoms in total. The van der Waals surface area contributed by atoms with Gasteiger partial charge in [0.05, 0.1) is 6.10 Å². The molecule has 0 aromatic rings. The Kier molecular flexibility index (Phi) is 1.76. The van der Waals surface area contributed by atoms with Gasteiger partial charge in [-0.2, -0.15) is 0 Å². The van der Waals surface area contributed by atoms with E-state index in [0.717, 1.165) is 12.3 Å². The summed E-state index contributed by atoms with van der Waals surface area (Å²) in [7, 11) is 0. The van der Waals surface area contributed by atoms with E-state index in [2.05, 4.69) is 13.0 Å². The fourth-order valence-electron chi connectivity index (χ4n) is 2.52. The number of hydrogen-bond acceptors (Lipinski definition) is 1. The summed E-state index contributed by atoms with van der Waals surface area (Å²) >= 11 is 0. The van der Waals surface area contributed by atoms with Gasteiger partial charge in [-0.25, -0.2) is 0 Å². The zero-order valence-electron chi connectivity index (χ0n) is 7.09. The van der Waals surface area contributed by atoms with Crippen LogP contribution in [0.4, 0.5) is 0 Å². The fourth-order valence-corrected chi connectivity index (χ4v) is 2.52. The molecule has 0 radical (unpaired) electrons. The zero-order chi connectivity index (χ0) is 7.84. The van der Waals surface area contributed by atoms with Crippen molar-refractivity contribution in [1.29, 1.82) is 0 Å². The monoisotopic (exact) mass is 152 g/mol. The van der Waals surface area contributed by atoms with E-state index in [4.69, 9.17) is 0 Å². The van der Waals surface area contributed by atoms with Crippen molar-refractivity contribution in [3.8, 4) is 0 Å². The van der Waals surface area contributed by atoms with E-state index < -0.39 is 0 Å². The van der Waals surface area contributed by atoms with Gasteiger partial charge >= 0.3 is 0 Å². The second-order valence-electron chi connectivity index (χ2n) is 3.93. The van der Waals surface area contributed by atoms with E-state index >= 15 is 0 Å². The Morgan fingerprint density at radius 3 is 2.91 bits per heavy atom. The number of aliphatic hydroxyl groups is 1. The largest absolute Gasteiger partial charge is 0.393 e. The van der Waals surface area contributed by atoms with Crippen LogP contribution >= 0.6 is 0 Å². The summed E-state index contributed by atoms with van der Waals surface area (Å²) in [6.45, 7) is 2.29. The van der Waals surface area contributed by atoms with Gasteiger partial charge < -0.3 is 5.11 Å². The van der Waals surface area contributed by atoms with Crippen molar-refractivity contribution in [2.24, 2.45) is 11.8 Å². The Hall–Kier alpha value is -0.300. The minimum atomic E-state index is -0.0278. The van der Waals surface area contributed by atoms with E-state index in [1.807, 2.05) is 0 Å². The van der Waals surface area contributed by atoms with E-state index in [1.54, 1.807) is 5.57 Å². The molecular weight excluding hydrogens is 136 g/mol. The highest BCUT2D eigenvalue weighted by atomic mass is 16.3. The second-order valence-corrected chi connectivity index (χ2v) is 3.93. The fraction of sp³-hybridized carbons (Fsp3) is 0.800. The molecule has 0 saturated heterocycles. The van der Waals surface area contributed by atoms with Crippen molar-refractivity contribution >= 4 is 0 Å². The van der Waals surface area contributed by atoms with Gasteiger partial charge in [0.25, 0.3) is 0 Å². The molecule has 2 rings (SSSR count). The highest BCUT2D eigenvalue weighted by Crippen LogP contribution is 2.41. The predicted molar refractivity (Wildman–Crippen MR) is 45.2 cm³/mol. The maximum Gasteiger partial charge on any atom is 0.0605 e. The van der Waals surface area contributed by atoms with E-state index in [1.165, 1.54) is 19.3 Å². The Balaban J connectivity index is 2.18. The van der Waals surface area contributed by atoms with Crippen LogP contribution in [0, 0.1) is 11.8 Å². The van der Waals surface area contributed by atoms with Crippen molar-refractivity contribution in [2.75, 3.05) is 0 Å². The molecule has 1 heteroatoms. The number of aliphatic hydroxyl groups excluding tert-OH is 1. The van der Waals surface area contributed by atoms with Crippen molar-refractivity contribution in [1.82, 2.24) is 0 Å². The summed E-state index contributed by atoms with van der Waals surface area (Å²) < 4.78 is 0. The van der Waals surface area contributed by atoms with Gasteiger partial charge in [0.1, 0.15) is 0 Å². The molecule has 2 aliphatic rings. The summed E-state index contributed by atoms with van der Waals surface area (Å²) in [4.78, 5) is 0. The smallest absolute Gasteiger partial charge is 0.0605 e. The van der Waals surface area contributed by atoms with Crippen molar-refractivity contribution in [3.05, 3.63) is 11.6 Å². The Labute approximate surface area is 68.1 Å². The summed E-state index contributed by atoms with van der Waals surface area (Å²) in [6.07, 6.45) is 6.91. The van der Waals surface area contributed by atoms with Crippen LogP contribution in [-0.2, 0) is 0 Å². The van der Waals surface area contributed by atoms with Crippen LogP contribution in [0.5, 0.6) is 0 Å². The van der Waals surface area contributed by atoms with Gasteiger partial charge in [-0.1, -0.05) is 18.6 Å². The third-order valence-electron chi connectivity index (χ3n) is 3.21. The Bertz CT molecular complexity index is 183. The first kappa shape index (κ1) is 7.35. The molecule has 0 spiro atoms. The maximum atomic E-state index is 9.66. The van der Waals surface area contributed by atoms with Crippen LogP contribution in [0.15, 0.2) is 11.6 Å². The minimum Gasteiger partial charge on any atom is -0.393 e. The Morgan fingerprint density at radius 1 is 1.36 bits per heavy atom. The van der Waals surface area contributed by atoms with Gasteiger partial charge in [-0.15, -0.1) is 0 Å². The first-order chi connectivity index (χ1) is 5.29. The molecule has 0 aromatic carbocycles. The molecule has 0 aliphatic heterocycles. The van der Waals surface area contributed by atoms with E-state index in [0.29, 0.717) is 5.92 Å². The first-order valence-corrected chi connectivity index (χ1v) is 4.67. The predicted octanol–water partition coefficient (Wildman–Crippen LogP) is 2.11. The van der Waals surface area contributed by atoms with Gasteiger partial charge in [-0.3, -0.25) is 0 Å². The quantitative estimate of drug-likeness (QED) is 0.527. The van der Waals surface area contributed by atoms with Crippen molar-refractivity contribution in [3.63, 3.8) is 0 Å². The first-order valence-electron chi connectivity index (χ1n) is 4.67. The van der Waals surface area contributed by atoms with E-state index in [-0.39, 0.29) is 6.10 Å². The lowest BCUT2D eigenvalue weighted by Gasteiger charge is -2.31. The summed E-state index contributed by atoms with van der Waals surface area (Å²) in [5.41, 5.74) is 1.55. The molecule has 0 amide bonds. The van der Waals surface area contributed by atoms with E-state index in [9.17, 15) is 5.11 Å². The zero-order valence-corrected chi connectivity index (χ0v) is 7.09. The highest BCUT2D eigenvalue weighted by Gasteiger charge is 2.33.